The summed E-state index contributed by atoms with van der Waals surface area (Å²) in [4.78, 5) is 12.5. The van der Waals surface area contributed by atoms with Crippen LogP contribution in [0.2, 0.25) is 0 Å². The number of anilines is 1. The molecule has 5 nitrogen and oxygen atoms in total. The van der Waals surface area contributed by atoms with Gasteiger partial charge in [0.1, 0.15) is 18.2 Å². The van der Waals surface area contributed by atoms with Crippen LogP contribution < -0.4 is 10.5 Å². The van der Waals surface area contributed by atoms with E-state index in [1.54, 1.807) is 0 Å². The molecule has 0 saturated carbocycles. The molecule has 0 spiro atoms. The quantitative estimate of drug-likeness (QED) is 0.892. The fourth-order valence-corrected chi connectivity index (χ4v) is 1.44. The highest BCUT2D eigenvalue weighted by Crippen LogP contribution is 2.12. The zero-order chi connectivity index (χ0) is 13.0. The predicted molar refractivity (Wildman–Crippen MR) is 69.1 cm³/mol. The largest absolute Gasteiger partial charge is 0.486 e. The van der Waals surface area contributed by atoms with Gasteiger partial charge >= 0.3 is 0 Å². The normalized spacial score (nSPS) is 10.6. The molecule has 0 radical (unpaired) electrons. The highest BCUT2D eigenvalue weighted by atomic mass is 16.5. The molecule has 1 heterocycles. The Morgan fingerprint density at radius 3 is 2.50 bits per heavy atom. The minimum Gasteiger partial charge on any atom is -0.486 e. The number of rotatable bonds is 4. The van der Waals surface area contributed by atoms with Crippen molar-refractivity contribution in [3.8, 4) is 5.75 Å². The van der Waals surface area contributed by atoms with Gasteiger partial charge in [0.15, 0.2) is 5.82 Å². The highest BCUT2D eigenvalue weighted by Gasteiger charge is 2.08. The average Bonchev–Trinajstić information content (AvgIpc) is 2.37. The lowest BCUT2D eigenvalue weighted by Crippen LogP contribution is -2.10. The number of para-hydroxylation sites is 1. The van der Waals surface area contributed by atoms with E-state index >= 15 is 0 Å². The van der Waals surface area contributed by atoms with Crippen LogP contribution in [0, 0.1) is 0 Å². The van der Waals surface area contributed by atoms with Crippen molar-refractivity contribution in [3.05, 3.63) is 42.0 Å². The van der Waals surface area contributed by atoms with Crippen LogP contribution in [0.4, 0.5) is 5.95 Å². The molecule has 0 bridgehead atoms. The second-order valence-electron chi connectivity index (χ2n) is 4.22. The van der Waals surface area contributed by atoms with Crippen LogP contribution in [0.1, 0.15) is 31.4 Å². The minimum absolute atomic E-state index is 0.214. The molecule has 1 aromatic carbocycles. The van der Waals surface area contributed by atoms with Gasteiger partial charge in [0.25, 0.3) is 0 Å². The van der Waals surface area contributed by atoms with Gasteiger partial charge < -0.3 is 10.5 Å². The smallest absolute Gasteiger partial charge is 0.223 e. The first-order valence-corrected chi connectivity index (χ1v) is 5.83. The summed E-state index contributed by atoms with van der Waals surface area (Å²) in [6.07, 6.45) is 0. The first kappa shape index (κ1) is 12.3. The van der Waals surface area contributed by atoms with Crippen LogP contribution in [0.5, 0.6) is 5.75 Å². The molecule has 0 aliphatic rings. The van der Waals surface area contributed by atoms with Crippen LogP contribution in [0.25, 0.3) is 0 Å². The summed E-state index contributed by atoms with van der Waals surface area (Å²) >= 11 is 0. The first-order valence-electron chi connectivity index (χ1n) is 5.83. The molecule has 2 N–H and O–H groups in total. The number of ether oxygens (including phenoxy) is 1. The lowest BCUT2D eigenvalue weighted by Gasteiger charge is -2.08. The molecule has 0 fully saturated rings. The van der Waals surface area contributed by atoms with Crippen LogP contribution in [-0.2, 0) is 6.61 Å². The van der Waals surface area contributed by atoms with E-state index in [4.69, 9.17) is 10.5 Å². The molecule has 2 rings (SSSR count). The molecule has 1 aromatic heterocycles. The van der Waals surface area contributed by atoms with Gasteiger partial charge in [-0.15, -0.1) is 0 Å². The Balaban J connectivity index is 2.10. The molecule has 0 saturated heterocycles. The van der Waals surface area contributed by atoms with Gasteiger partial charge in [0.05, 0.1) is 0 Å². The van der Waals surface area contributed by atoms with Crippen molar-refractivity contribution in [2.24, 2.45) is 0 Å². The van der Waals surface area contributed by atoms with Gasteiger partial charge in [-0.2, -0.15) is 9.97 Å². The van der Waals surface area contributed by atoms with Crippen LogP contribution in [0.3, 0.4) is 0 Å². The molecule has 5 heteroatoms. The number of hydrogen-bond donors (Lipinski definition) is 1. The molecular formula is C13H16N4O. The SMILES string of the molecule is CC(C)c1nc(N)nc(COc2ccccc2)n1. The summed E-state index contributed by atoms with van der Waals surface area (Å²) < 4.78 is 5.57. The van der Waals surface area contributed by atoms with Crippen molar-refractivity contribution in [3.63, 3.8) is 0 Å². The fourth-order valence-electron chi connectivity index (χ4n) is 1.44. The fraction of sp³-hybridized carbons (Fsp3) is 0.308. The Bertz CT molecular complexity index is 514. The van der Waals surface area contributed by atoms with Gasteiger partial charge in [-0.1, -0.05) is 32.0 Å². The number of nitrogen functional groups attached to an aromatic ring is 1. The molecule has 0 amide bonds. The maximum Gasteiger partial charge on any atom is 0.223 e. The van der Waals surface area contributed by atoms with E-state index < -0.39 is 0 Å². The van der Waals surface area contributed by atoms with Crippen molar-refractivity contribution in [2.75, 3.05) is 5.73 Å². The average molecular weight is 244 g/mol. The maximum absolute atomic E-state index is 5.65. The zero-order valence-corrected chi connectivity index (χ0v) is 10.5. The topological polar surface area (TPSA) is 73.9 Å². The van der Waals surface area contributed by atoms with Crippen LogP contribution in [0.15, 0.2) is 30.3 Å². The molecule has 18 heavy (non-hydrogen) atoms. The van der Waals surface area contributed by atoms with Crippen molar-refractivity contribution in [1.82, 2.24) is 15.0 Å². The maximum atomic E-state index is 5.65. The van der Waals surface area contributed by atoms with E-state index in [0.29, 0.717) is 11.6 Å². The Kier molecular flexibility index (Phi) is 3.72. The second kappa shape index (κ2) is 5.44. The third kappa shape index (κ3) is 3.16. The molecule has 0 aliphatic heterocycles. The molecule has 0 aliphatic carbocycles. The predicted octanol–water partition coefficient (Wildman–Crippen LogP) is 2.16. The third-order valence-electron chi connectivity index (χ3n) is 2.34. The highest BCUT2D eigenvalue weighted by molar-refractivity contribution is 5.21. The molecule has 0 unspecified atom stereocenters. The number of aromatic nitrogens is 3. The molecule has 2 aromatic rings. The summed E-state index contributed by atoms with van der Waals surface area (Å²) in [6.45, 7) is 4.31. The van der Waals surface area contributed by atoms with Gasteiger partial charge in [-0.3, -0.25) is 0 Å². The number of nitrogens with two attached hydrogens (primary N) is 1. The summed E-state index contributed by atoms with van der Waals surface area (Å²) in [6, 6.07) is 9.53. The second-order valence-corrected chi connectivity index (χ2v) is 4.22. The number of hydrogen-bond acceptors (Lipinski definition) is 5. The van der Waals surface area contributed by atoms with E-state index in [9.17, 15) is 0 Å². The van der Waals surface area contributed by atoms with Gasteiger partial charge in [0.2, 0.25) is 5.95 Å². The number of benzene rings is 1. The zero-order valence-electron chi connectivity index (χ0n) is 10.5. The first-order chi connectivity index (χ1) is 8.65. The summed E-state index contributed by atoms with van der Waals surface area (Å²) in [7, 11) is 0. The Morgan fingerprint density at radius 1 is 1.11 bits per heavy atom. The van der Waals surface area contributed by atoms with Crippen LogP contribution >= 0.6 is 0 Å². The standard InChI is InChI=1S/C13H16N4O/c1-9(2)12-15-11(16-13(14)17-12)8-18-10-6-4-3-5-7-10/h3-7,9H,8H2,1-2H3,(H2,14,15,16,17). The lowest BCUT2D eigenvalue weighted by atomic mass is 10.2. The van der Waals surface area contributed by atoms with Crippen molar-refractivity contribution in [1.29, 1.82) is 0 Å². The van der Waals surface area contributed by atoms with E-state index in [-0.39, 0.29) is 18.5 Å². The Hall–Kier alpha value is -2.17. The van der Waals surface area contributed by atoms with Crippen LogP contribution in [-0.4, -0.2) is 15.0 Å². The van der Waals surface area contributed by atoms with E-state index in [2.05, 4.69) is 15.0 Å². The van der Waals surface area contributed by atoms with Crippen molar-refractivity contribution in [2.45, 2.75) is 26.4 Å². The Labute approximate surface area is 106 Å². The van der Waals surface area contributed by atoms with Gasteiger partial charge in [-0.05, 0) is 12.1 Å². The lowest BCUT2D eigenvalue weighted by molar-refractivity contribution is 0.295. The van der Waals surface area contributed by atoms with E-state index in [1.165, 1.54) is 0 Å². The number of nitrogens with zero attached hydrogens (tertiary/aromatic N) is 3. The summed E-state index contributed by atoms with van der Waals surface area (Å²) in [5.74, 6) is 2.47. The van der Waals surface area contributed by atoms with Gasteiger partial charge in [0, 0.05) is 5.92 Å². The van der Waals surface area contributed by atoms with E-state index in [1.807, 2.05) is 44.2 Å². The van der Waals surface area contributed by atoms with Crippen molar-refractivity contribution >= 4 is 5.95 Å². The summed E-state index contributed by atoms with van der Waals surface area (Å²) in [5, 5.41) is 0. The van der Waals surface area contributed by atoms with Crippen molar-refractivity contribution < 1.29 is 4.74 Å². The van der Waals surface area contributed by atoms with Gasteiger partial charge in [-0.25, -0.2) is 4.98 Å². The van der Waals surface area contributed by atoms with E-state index in [0.717, 1.165) is 5.75 Å². The molecular weight excluding hydrogens is 228 g/mol. The third-order valence-corrected chi connectivity index (χ3v) is 2.34. The monoisotopic (exact) mass is 244 g/mol. The Morgan fingerprint density at radius 2 is 1.83 bits per heavy atom. The minimum atomic E-state index is 0.214. The molecule has 94 valence electrons. The summed E-state index contributed by atoms with van der Waals surface area (Å²) in [5.41, 5.74) is 5.65. The molecule has 0 atom stereocenters.